The second kappa shape index (κ2) is 6.46. The number of primary amides is 1. The molecular weight excluding hydrogens is 369 g/mol. The zero-order valence-electron chi connectivity index (χ0n) is 15.0. The van der Waals surface area contributed by atoms with Crippen molar-refractivity contribution in [2.45, 2.75) is 31.1 Å². The molecule has 1 saturated carbocycles. The van der Waals surface area contributed by atoms with Crippen molar-refractivity contribution < 1.29 is 13.9 Å². The van der Waals surface area contributed by atoms with E-state index in [-0.39, 0.29) is 17.5 Å². The largest absolute Gasteiger partial charge is 0.489 e. The molecule has 2 heterocycles. The van der Waals surface area contributed by atoms with Crippen molar-refractivity contribution in [1.82, 2.24) is 4.98 Å². The van der Waals surface area contributed by atoms with Crippen molar-refractivity contribution in [2.75, 3.05) is 13.2 Å². The minimum atomic E-state index is -0.961. The number of ether oxygens (including phenoxy) is 1. The summed E-state index contributed by atoms with van der Waals surface area (Å²) in [5.41, 5.74) is 13.3. The van der Waals surface area contributed by atoms with Crippen molar-refractivity contribution in [3.63, 3.8) is 0 Å². The maximum atomic E-state index is 13.5. The summed E-state index contributed by atoms with van der Waals surface area (Å²) in [6.45, 7) is 2.35. The molecule has 7 heteroatoms. The molecule has 0 saturated heterocycles. The third-order valence-electron chi connectivity index (χ3n) is 5.65. The molecule has 0 radical (unpaired) electrons. The molecule has 142 valence electrons. The van der Waals surface area contributed by atoms with Crippen molar-refractivity contribution in [3.8, 4) is 17.0 Å². The van der Waals surface area contributed by atoms with Gasteiger partial charge in [-0.15, -0.1) is 0 Å². The minimum absolute atomic E-state index is 0.0889. The predicted molar refractivity (Wildman–Crippen MR) is 101 cm³/mol. The molecule has 1 aromatic carbocycles. The fraction of sp³-hybridized carbons (Fsp3) is 0.400. The van der Waals surface area contributed by atoms with Crippen LogP contribution in [0.2, 0.25) is 5.02 Å². The molecular formula is C20H21ClFN3O2. The summed E-state index contributed by atoms with van der Waals surface area (Å²) in [7, 11) is 0. The number of aromatic nitrogens is 1. The highest BCUT2D eigenvalue weighted by molar-refractivity contribution is 6.33. The van der Waals surface area contributed by atoms with Crippen LogP contribution in [0.25, 0.3) is 11.3 Å². The SMILES string of the molecule is C[C@]1(C(N)=O)COc2c1cc([C@@H](CN)C1CC1)nc2-c1ccc(F)cc1Cl. The fourth-order valence-corrected chi connectivity index (χ4v) is 3.97. The van der Waals surface area contributed by atoms with Crippen molar-refractivity contribution >= 4 is 17.5 Å². The second-order valence-electron chi connectivity index (χ2n) is 7.56. The number of benzene rings is 1. The molecule has 2 aliphatic rings. The molecule has 4 rings (SSSR count). The average Bonchev–Trinajstić information content (AvgIpc) is 3.39. The molecule has 2 atom stereocenters. The zero-order valence-corrected chi connectivity index (χ0v) is 15.7. The van der Waals surface area contributed by atoms with E-state index in [1.54, 1.807) is 13.0 Å². The van der Waals surface area contributed by atoms with Crippen LogP contribution in [0.5, 0.6) is 5.75 Å². The second-order valence-corrected chi connectivity index (χ2v) is 7.97. The van der Waals surface area contributed by atoms with Crippen LogP contribution >= 0.6 is 11.6 Å². The Morgan fingerprint density at radius 1 is 1.44 bits per heavy atom. The highest BCUT2D eigenvalue weighted by Gasteiger charge is 2.45. The highest BCUT2D eigenvalue weighted by Crippen LogP contribution is 2.48. The molecule has 27 heavy (non-hydrogen) atoms. The van der Waals surface area contributed by atoms with Gasteiger partial charge in [-0.2, -0.15) is 0 Å². The van der Waals surface area contributed by atoms with Crippen LogP contribution in [0.3, 0.4) is 0 Å². The third kappa shape index (κ3) is 2.97. The lowest BCUT2D eigenvalue weighted by molar-refractivity contribution is -0.123. The molecule has 4 N–H and O–H groups in total. The molecule has 0 spiro atoms. The average molecular weight is 390 g/mol. The van der Waals surface area contributed by atoms with Crippen LogP contribution in [0.4, 0.5) is 4.39 Å². The van der Waals surface area contributed by atoms with Crippen molar-refractivity contribution in [1.29, 1.82) is 0 Å². The topological polar surface area (TPSA) is 91.2 Å². The van der Waals surface area contributed by atoms with Crippen molar-refractivity contribution in [3.05, 3.63) is 46.4 Å². The first kappa shape index (κ1) is 18.2. The Labute approximate surface area is 161 Å². The highest BCUT2D eigenvalue weighted by atomic mass is 35.5. The van der Waals surface area contributed by atoms with Gasteiger partial charge in [0.2, 0.25) is 5.91 Å². The van der Waals surface area contributed by atoms with Crippen molar-refractivity contribution in [2.24, 2.45) is 17.4 Å². The summed E-state index contributed by atoms with van der Waals surface area (Å²) in [6, 6.07) is 6.03. The van der Waals surface area contributed by atoms with Gasteiger partial charge in [-0.05, 0) is 49.9 Å². The van der Waals surface area contributed by atoms with E-state index in [0.717, 1.165) is 18.5 Å². The van der Waals surface area contributed by atoms with E-state index in [2.05, 4.69) is 0 Å². The smallest absolute Gasteiger partial charge is 0.231 e. The minimum Gasteiger partial charge on any atom is -0.489 e. The Kier molecular flexibility index (Phi) is 4.35. The van der Waals surface area contributed by atoms with E-state index in [4.69, 9.17) is 32.8 Å². The Bertz CT molecular complexity index is 932. The van der Waals surface area contributed by atoms with E-state index in [1.807, 2.05) is 6.07 Å². The Morgan fingerprint density at radius 2 is 2.19 bits per heavy atom. The van der Waals surface area contributed by atoms with Gasteiger partial charge in [0.15, 0.2) is 0 Å². The molecule has 0 unspecified atom stereocenters. The number of carbonyl (C=O) groups excluding carboxylic acids is 1. The van der Waals surface area contributed by atoms with Gasteiger partial charge in [-0.1, -0.05) is 11.6 Å². The van der Waals surface area contributed by atoms with E-state index in [1.165, 1.54) is 12.1 Å². The van der Waals surface area contributed by atoms with Gasteiger partial charge in [0.1, 0.15) is 29.3 Å². The van der Waals surface area contributed by atoms with Crippen LogP contribution in [0.15, 0.2) is 24.3 Å². The Balaban J connectivity index is 1.95. The number of nitrogens with two attached hydrogens (primary N) is 2. The summed E-state index contributed by atoms with van der Waals surface area (Å²) in [6.07, 6.45) is 2.22. The maximum absolute atomic E-state index is 13.5. The number of fused-ring (bicyclic) bond motifs is 1. The number of pyridine rings is 1. The zero-order chi connectivity index (χ0) is 19.3. The number of nitrogens with zero attached hydrogens (tertiary/aromatic N) is 1. The molecule has 1 aliphatic carbocycles. The summed E-state index contributed by atoms with van der Waals surface area (Å²) < 4.78 is 19.4. The fourth-order valence-electron chi connectivity index (χ4n) is 3.71. The monoisotopic (exact) mass is 389 g/mol. The van der Waals surface area contributed by atoms with Gasteiger partial charge in [0.25, 0.3) is 0 Å². The Morgan fingerprint density at radius 3 is 2.78 bits per heavy atom. The number of hydrogen-bond donors (Lipinski definition) is 2. The van der Waals surface area contributed by atoms with Gasteiger partial charge >= 0.3 is 0 Å². The quantitative estimate of drug-likeness (QED) is 0.821. The molecule has 1 aromatic heterocycles. The first-order valence-corrected chi connectivity index (χ1v) is 9.36. The van der Waals surface area contributed by atoms with Crippen LogP contribution in [-0.2, 0) is 10.2 Å². The molecule has 5 nitrogen and oxygen atoms in total. The van der Waals surface area contributed by atoms with Gasteiger partial charge < -0.3 is 16.2 Å². The normalized spacial score (nSPS) is 22.2. The molecule has 1 aliphatic heterocycles. The molecule has 2 aromatic rings. The van der Waals surface area contributed by atoms with E-state index in [0.29, 0.717) is 35.0 Å². The number of amides is 1. The standard InChI is InChI=1S/C20H21ClFN3O2/c1-20(19(24)26)9-27-18-14(20)7-16(13(8-23)10-2-3-10)25-17(18)12-5-4-11(22)6-15(12)21/h4-7,10,13H,2-3,8-9,23H2,1H3,(H2,24,26)/t13-,20-/m0/s1. The lowest BCUT2D eigenvalue weighted by Gasteiger charge is -2.21. The molecule has 1 amide bonds. The first-order valence-electron chi connectivity index (χ1n) is 8.98. The summed E-state index contributed by atoms with van der Waals surface area (Å²) in [4.78, 5) is 17.0. The lowest BCUT2D eigenvalue weighted by Crippen LogP contribution is -2.39. The lowest BCUT2D eigenvalue weighted by atomic mass is 9.82. The van der Waals surface area contributed by atoms with Crippen LogP contribution < -0.4 is 16.2 Å². The summed E-state index contributed by atoms with van der Waals surface area (Å²) >= 11 is 6.29. The maximum Gasteiger partial charge on any atom is 0.231 e. The third-order valence-corrected chi connectivity index (χ3v) is 5.96. The number of halogens is 2. The Hall–Kier alpha value is -2.18. The van der Waals surface area contributed by atoms with E-state index >= 15 is 0 Å². The molecule has 1 fully saturated rings. The number of rotatable bonds is 5. The van der Waals surface area contributed by atoms with E-state index in [9.17, 15) is 9.18 Å². The van der Waals surface area contributed by atoms with Gasteiger partial charge in [0.05, 0.1) is 5.02 Å². The van der Waals surface area contributed by atoms with Gasteiger partial charge in [-0.3, -0.25) is 4.79 Å². The van der Waals surface area contributed by atoms with Gasteiger partial charge in [-0.25, -0.2) is 9.37 Å². The van der Waals surface area contributed by atoms with Crippen LogP contribution in [0.1, 0.15) is 36.9 Å². The number of hydrogen-bond acceptors (Lipinski definition) is 4. The van der Waals surface area contributed by atoms with E-state index < -0.39 is 17.1 Å². The first-order chi connectivity index (χ1) is 12.8. The predicted octanol–water partition coefficient (Wildman–Crippen LogP) is 3.13. The number of carbonyl (C=O) groups is 1. The van der Waals surface area contributed by atoms with Crippen LogP contribution in [0, 0.1) is 11.7 Å². The van der Waals surface area contributed by atoms with Gasteiger partial charge in [0, 0.05) is 29.3 Å². The summed E-state index contributed by atoms with van der Waals surface area (Å²) in [5.74, 6) is 0.146. The van der Waals surface area contributed by atoms with Crippen LogP contribution in [-0.4, -0.2) is 24.0 Å². The summed E-state index contributed by atoms with van der Waals surface area (Å²) in [5, 5.41) is 0.230. The molecule has 0 bridgehead atoms.